The zero-order valence-corrected chi connectivity index (χ0v) is 16.9. The van der Waals surface area contributed by atoms with E-state index in [1.165, 1.54) is 9.80 Å². The van der Waals surface area contributed by atoms with E-state index in [1.54, 1.807) is 27.8 Å². The second-order valence-electron chi connectivity index (χ2n) is 7.36. The molecule has 0 aromatic heterocycles. The number of benzene rings is 1. The number of carbonyl (C=O) groups excluding carboxylic acids is 2. The summed E-state index contributed by atoms with van der Waals surface area (Å²) in [7, 11) is 1.67. The summed E-state index contributed by atoms with van der Waals surface area (Å²) in [4.78, 5) is 27.6. The molecule has 1 aromatic carbocycles. The van der Waals surface area contributed by atoms with Gasteiger partial charge in [-0.25, -0.2) is 13.6 Å². The summed E-state index contributed by atoms with van der Waals surface area (Å²) in [5, 5.41) is 0. The van der Waals surface area contributed by atoms with Crippen molar-refractivity contribution in [2.75, 3.05) is 20.1 Å². The number of hydrogen-bond donors (Lipinski definition) is 0. The van der Waals surface area contributed by atoms with E-state index in [0.29, 0.717) is 25.9 Å². The maximum Gasteiger partial charge on any atom is 0.410 e. The zero-order chi connectivity index (χ0) is 19.6. The standard InChI is InChI=1S/C18H23BrF2N2O3/c1-18(2,3)26-17(25)22(4)11-5-7-23(8-6-11)16(24)12-9-15(21)13(19)10-14(12)20/h9-11H,5-8H2,1-4H3. The van der Waals surface area contributed by atoms with Gasteiger partial charge in [-0.1, -0.05) is 0 Å². The predicted octanol–water partition coefficient (Wildman–Crippen LogP) is 4.20. The van der Waals surface area contributed by atoms with Crippen LogP contribution in [0.3, 0.4) is 0 Å². The Morgan fingerprint density at radius 1 is 1.19 bits per heavy atom. The Balaban J connectivity index is 1.99. The first kappa shape index (κ1) is 20.6. The molecule has 1 aromatic rings. The number of halogens is 3. The van der Waals surface area contributed by atoms with Gasteiger partial charge < -0.3 is 14.5 Å². The van der Waals surface area contributed by atoms with Crippen LogP contribution < -0.4 is 0 Å². The van der Waals surface area contributed by atoms with E-state index in [-0.39, 0.29) is 16.1 Å². The molecule has 26 heavy (non-hydrogen) atoms. The van der Waals surface area contributed by atoms with Gasteiger partial charge in [0.2, 0.25) is 0 Å². The van der Waals surface area contributed by atoms with Gasteiger partial charge in [-0.05, 0) is 61.7 Å². The van der Waals surface area contributed by atoms with Crippen LogP contribution in [0.15, 0.2) is 16.6 Å². The lowest BCUT2D eigenvalue weighted by Crippen LogP contribution is -2.48. The molecule has 5 nitrogen and oxygen atoms in total. The fraction of sp³-hybridized carbons (Fsp3) is 0.556. The highest BCUT2D eigenvalue weighted by molar-refractivity contribution is 9.10. The lowest BCUT2D eigenvalue weighted by Gasteiger charge is -2.37. The van der Waals surface area contributed by atoms with Crippen LogP contribution in [0.2, 0.25) is 0 Å². The number of piperidine rings is 1. The van der Waals surface area contributed by atoms with Crippen molar-refractivity contribution in [1.82, 2.24) is 9.80 Å². The summed E-state index contributed by atoms with van der Waals surface area (Å²) < 4.78 is 33.0. The van der Waals surface area contributed by atoms with Gasteiger partial charge in [0, 0.05) is 26.2 Å². The molecule has 0 aliphatic carbocycles. The van der Waals surface area contributed by atoms with E-state index in [4.69, 9.17) is 4.74 Å². The highest BCUT2D eigenvalue weighted by Crippen LogP contribution is 2.24. The van der Waals surface area contributed by atoms with E-state index in [1.807, 2.05) is 0 Å². The first-order chi connectivity index (χ1) is 12.0. The quantitative estimate of drug-likeness (QED) is 0.657. The number of ether oxygens (including phenoxy) is 1. The number of rotatable bonds is 2. The third-order valence-electron chi connectivity index (χ3n) is 4.22. The fourth-order valence-electron chi connectivity index (χ4n) is 2.80. The smallest absolute Gasteiger partial charge is 0.410 e. The molecule has 1 saturated heterocycles. The van der Waals surface area contributed by atoms with Gasteiger partial charge in [0.25, 0.3) is 5.91 Å². The normalized spacial score (nSPS) is 15.7. The van der Waals surface area contributed by atoms with E-state index in [0.717, 1.165) is 12.1 Å². The predicted molar refractivity (Wildman–Crippen MR) is 97.0 cm³/mol. The van der Waals surface area contributed by atoms with Crippen molar-refractivity contribution in [3.05, 3.63) is 33.8 Å². The van der Waals surface area contributed by atoms with Gasteiger partial charge in [-0.3, -0.25) is 4.79 Å². The molecule has 0 atom stereocenters. The molecular formula is C18H23BrF2N2O3. The zero-order valence-electron chi connectivity index (χ0n) is 15.3. The summed E-state index contributed by atoms with van der Waals surface area (Å²) >= 11 is 2.89. The Kier molecular flexibility index (Phi) is 6.26. The first-order valence-corrected chi connectivity index (χ1v) is 9.18. The summed E-state index contributed by atoms with van der Waals surface area (Å²) in [5.74, 6) is -2.00. The van der Waals surface area contributed by atoms with Gasteiger partial charge in [0.1, 0.15) is 17.2 Å². The largest absolute Gasteiger partial charge is 0.444 e. The van der Waals surface area contributed by atoms with Crippen LogP contribution in [-0.4, -0.2) is 53.6 Å². The molecule has 1 aliphatic rings. The number of carbonyl (C=O) groups is 2. The van der Waals surface area contributed by atoms with Crippen LogP contribution in [0.4, 0.5) is 13.6 Å². The molecule has 1 aliphatic heterocycles. The molecule has 0 saturated carbocycles. The van der Waals surface area contributed by atoms with Gasteiger partial charge in [0.15, 0.2) is 0 Å². The maximum absolute atomic E-state index is 14.0. The average molecular weight is 433 g/mol. The summed E-state index contributed by atoms with van der Waals surface area (Å²) in [6.45, 7) is 6.10. The molecule has 8 heteroatoms. The van der Waals surface area contributed by atoms with Gasteiger partial charge >= 0.3 is 6.09 Å². The molecule has 1 heterocycles. The van der Waals surface area contributed by atoms with E-state index in [9.17, 15) is 18.4 Å². The highest BCUT2D eigenvalue weighted by Gasteiger charge is 2.31. The van der Waals surface area contributed by atoms with Crippen molar-refractivity contribution in [2.24, 2.45) is 0 Å². The second kappa shape index (κ2) is 7.90. The van der Waals surface area contributed by atoms with Crippen LogP contribution in [-0.2, 0) is 4.74 Å². The molecule has 0 radical (unpaired) electrons. The monoisotopic (exact) mass is 432 g/mol. The minimum atomic E-state index is -0.767. The van der Waals surface area contributed by atoms with Gasteiger partial charge in [-0.15, -0.1) is 0 Å². The fourth-order valence-corrected chi connectivity index (χ4v) is 3.11. The molecular weight excluding hydrogens is 410 g/mol. The Hall–Kier alpha value is -1.70. The van der Waals surface area contributed by atoms with Crippen molar-refractivity contribution in [3.63, 3.8) is 0 Å². The third kappa shape index (κ3) is 4.93. The maximum atomic E-state index is 14.0. The lowest BCUT2D eigenvalue weighted by atomic mass is 10.0. The van der Waals surface area contributed by atoms with E-state index >= 15 is 0 Å². The van der Waals surface area contributed by atoms with Crippen molar-refractivity contribution < 1.29 is 23.1 Å². The van der Waals surface area contributed by atoms with Crippen molar-refractivity contribution in [3.8, 4) is 0 Å². The molecule has 0 bridgehead atoms. The number of hydrogen-bond acceptors (Lipinski definition) is 3. The first-order valence-electron chi connectivity index (χ1n) is 8.39. The van der Waals surface area contributed by atoms with Crippen LogP contribution >= 0.6 is 15.9 Å². The Bertz CT molecular complexity index is 698. The Labute approximate surface area is 160 Å². The van der Waals surface area contributed by atoms with Crippen molar-refractivity contribution in [1.29, 1.82) is 0 Å². The number of amides is 2. The minimum absolute atomic E-state index is 0.0238. The van der Waals surface area contributed by atoms with E-state index < -0.39 is 29.2 Å². The minimum Gasteiger partial charge on any atom is -0.444 e. The summed E-state index contributed by atoms with van der Waals surface area (Å²) in [6.07, 6.45) is 0.674. The van der Waals surface area contributed by atoms with Gasteiger partial charge in [0.05, 0.1) is 10.0 Å². The number of likely N-dealkylation sites (tertiary alicyclic amines) is 1. The summed E-state index contributed by atoms with van der Waals surface area (Å²) in [5.41, 5.74) is -0.866. The molecule has 2 rings (SSSR count). The molecule has 0 spiro atoms. The van der Waals surface area contributed by atoms with Crippen LogP contribution in [0, 0.1) is 11.6 Å². The number of nitrogens with zero attached hydrogens (tertiary/aromatic N) is 2. The highest BCUT2D eigenvalue weighted by atomic mass is 79.9. The Morgan fingerprint density at radius 2 is 1.77 bits per heavy atom. The molecule has 1 fully saturated rings. The third-order valence-corrected chi connectivity index (χ3v) is 4.83. The van der Waals surface area contributed by atoms with Crippen molar-refractivity contribution >= 4 is 27.9 Å². The lowest BCUT2D eigenvalue weighted by molar-refractivity contribution is 0.0155. The van der Waals surface area contributed by atoms with Crippen LogP contribution in [0.25, 0.3) is 0 Å². The van der Waals surface area contributed by atoms with Crippen LogP contribution in [0.1, 0.15) is 44.0 Å². The topological polar surface area (TPSA) is 49.9 Å². The Morgan fingerprint density at radius 3 is 2.31 bits per heavy atom. The van der Waals surface area contributed by atoms with Crippen molar-refractivity contribution in [2.45, 2.75) is 45.3 Å². The average Bonchev–Trinajstić information content (AvgIpc) is 2.55. The molecule has 0 N–H and O–H groups in total. The van der Waals surface area contributed by atoms with Gasteiger partial charge in [-0.2, -0.15) is 0 Å². The second-order valence-corrected chi connectivity index (χ2v) is 8.22. The van der Waals surface area contributed by atoms with E-state index in [2.05, 4.69) is 15.9 Å². The SMILES string of the molecule is CN(C(=O)OC(C)(C)C)C1CCN(C(=O)c2cc(F)c(Br)cc2F)CC1. The molecule has 144 valence electrons. The van der Waals surface area contributed by atoms with Crippen LogP contribution in [0.5, 0.6) is 0 Å². The molecule has 2 amide bonds. The molecule has 0 unspecified atom stereocenters. The summed E-state index contributed by atoms with van der Waals surface area (Å²) in [6, 6.07) is 1.78.